The molecule has 0 atom stereocenters. The number of benzene rings is 1. The second kappa shape index (κ2) is 6.31. The first-order valence-corrected chi connectivity index (χ1v) is 7.19. The van der Waals surface area contributed by atoms with Gasteiger partial charge in [0.1, 0.15) is 5.69 Å². The lowest BCUT2D eigenvalue weighted by Crippen LogP contribution is -2.30. The van der Waals surface area contributed by atoms with Crippen molar-refractivity contribution in [1.82, 2.24) is 15.3 Å². The van der Waals surface area contributed by atoms with Crippen LogP contribution in [0.3, 0.4) is 0 Å². The summed E-state index contributed by atoms with van der Waals surface area (Å²) < 4.78 is 0. The van der Waals surface area contributed by atoms with Gasteiger partial charge in [0.05, 0.1) is 0 Å². The number of nitrogens with zero attached hydrogens (tertiary/aromatic N) is 1. The molecular formula is C17H16N4O2. The number of rotatable bonds is 3. The van der Waals surface area contributed by atoms with Crippen molar-refractivity contribution in [2.24, 2.45) is 0 Å². The molecule has 0 bridgehead atoms. The normalized spacial score (nSPS) is 10.5. The van der Waals surface area contributed by atoms with Gasteiger partial charge < -0.3 is 15.6 Å². The van der Waals surface area contributed by atoms with E-state index in [0.29, 0.717) is 11.9 Å². The molecule has 2 aromatic heterocycles. The number of urea groups is 1. The molecule has 1 aromatic carbocycles. The van der Waals surface area contributed by atoms with Crippen LogP contribution in [0, 0.1) is 6.92 Å². The molecule has 0 aliphatic rings. The second-order valence-corrected chi connectivity index (χ2v) is 5.24. The third kappa shape index (κ3) is 3.37. The van der Waals surface area contributed by atoms with E-state index in [2.05, 4.69) is 20.6 Å². The lowest BCUT2D eigenvalue weighted by atomic mass is 10.1. The molecule has 23 heavy (non-hydrogen) atoms. The number of aromatic nitrogens is 2. The minimum Gasteiger partial charge on any atom is -0.359 e. The molecule has 0 fully saturated rings. The number of H-pyrrole nitrogens is 1. The summed E-state index contributed by atoms with van der Waals surface area (Å²) in [6.45, 7) is 2.28. The van der Waals surface area contributed by atoms with Crippen LogP contribution in [0.2, 0.25) is 0 Å². The number of amides is 2. The molecule has 0 spiro atoms. The monoisotopic (exact) mass is 308 g/mol. The highest BCUT2D eigenvalue weighted by molar-refractivity contribution is 5.91. The predicted molar refractivity (Wildman–Crippen MR) is 89.4 cm³/mol. The zero-order valence-corrected chi connectivity index (χ0v) is 12.6. The first-order chi connectivity index (χ1) is 11.1. The van der Waals surface area contributed by atoms with E-state index in [1.54, 1.807) is 18.5 Å². The first kappa shape index (κ1) is 14.8. The fraction of sp³-hybridized carbons (Fsp3) is 0.118. The van der Waals surface area contributed by atoms with Crippen molar-refractivity contribution in [3.8, 4) is 0 Å². The molecule has 0 aliphatic carbocycles. The molecule has 116 valence electrons. The summed E-state index contributed by atoms with van der Waals surface area (Å²) in [5, 5.41) is 5.84. The highest BCUT2D eigenvalue weighted by Gasteiger charge is 2.08. The Morgan fingerprint density at radius 3 is 2.78 bits per heavy atom. The van der Waals surface area contributed by atoms with Crippen LogP contribution >= 0.6 is 0 Å². The Morgan fingerprint density at radius 1 is 1.22 bits per heavy atom. The molecule has 0 unspecified atom stereocenters. The van der Waals surface area contributed by atoms with Crippen LogP contribution in [0.5, 0.6) is 0 Å². The van der Waals surface area contributed by atoms with Crippen molar-refractivity contribution in [2.75, 3.05) is 5.32 Å². The number of hydrogen-bond acceptors (Lipinski definition) is 3. The summed E-state index contributed by atoms with van der Waals surface area (Å²) in [6.07, 6.45) is 4.82. The van der Waals surface area contributed by atoms with Gasteiger partial charge in [-0.05, 0) is 36.8 Å². The number of hydrogen-bond donors (Lipinski definition) is 3. The number of carbonyl (C=O) groups is 1. The third-order valence-corrected chi connectivity index (χ3v) is 3.49. The van der Waals surface area contributed by atoms with E-state index in [1.807, 2.05) is 31.2 Å². The van der Waals surface area contributed by atoms with Crippen molar-refractivity contribution < 1.29 is 4.79 Å². The van der Waals surface area contributed by atoms with Crippen molar-refractivity contribution in [3.05, 3.63) is 70.3 Å². The fourth-order valence-corrected chi connectivity index (χ4v) is 2.27. The molecule has 3 aromatic rings. The number of anilines is 1. The Kier molecular flexibility index (Phi) is 4.05. The van der Waals surface area contributed by atoms with E-state index < -0.39 is 6.03 Å². The zero-order valence-electron chi connectivity index (χ0n) is 12.6. The average Bonchev–Trinajstić information content (AvgIpc) is 2.57. The second-order valence-electron chi connectivity index (χ2n) is 5.24. The number of carbonyl (C=O) groups excluding carboxylic acids is 1. The van der Waals surface area contributed by atoms with E-state index in [0.717, 1.165) is 16.6 Å². The van der Waals surface area contributed by atoms with E-state index in [4.69, 9.17) is 0 Å². The van der Waals surface area contributed by atoms with Crippen LogP contribution < -0.4 is 16.1 Å². The maximum atomic E-state index is 12.4. The van der Waals surface area contributed by atoms with Gasteiger partial charge in [-0.15, -0.1) is 0 Å². The molecule has 6 heteroatoms. The Morgan fingerprint density at radius 2 is 2.00 bits per heavy atom. The Hall–Kier alpha value is -3.15. The van der Waals surface area contributed by atoms with Gasteiger partial charge in [-0.1, -0.05) is 11.6 Å². The number of nitrogens with one attached hydrogen (secondary N) is 3. The van der Waals surface area contributed by atoms with Gasteiger partial charge in [0.15, 0.2) is 0 Å². The molecule has 0 saturated carbocycles. The summed E-state index contributed by atoms with van der Waals surface area (Å²) in [5.74, 6) is 0. The molecule has 3 rings (SSSR count). The lowest BCUT2D eigenvalue weighted by Gasteiger charge is -2.08. The molecule has 0 aliphatic heterocycles. The molecule has 2 heterocycles. The van der Waals surface area contributed by atoms with Crippen LogP contribution in [0.4, 0.5) is 10.5 Å². The number of aryl methyl sites for hydroxylation is 1. The van der Waals surface area contributed by atoms with Crippen LogP contribution in [0.15, 0.2) is 53.7 Å². The highest BCUT2D eigenvalue weighted by Crippen LogP contribution is 2.12. The van der Waals surface area contributed by atoms with E-state index in [-0.39, 0.29) is 11.1 Å². The fourth-order valence-electron chi connectivity index (χ4n) is 2.27. The molecule has 0 saturated heterocycles. The summed E-state index contributed by atoms with van der Waals surface area (Å²) in [6, 6.07) is 8.76. The molecular weight excluding hydrogens is 292 g/mol. The minimum atomic E-state index is -0.431. The topological polar surface area (TPSA) is 86.9 Å². The van der Waals surface area contributed by atoms with E-state index in [9.17, 15) is 9.59 Å². The van der Waals surface area contributed by atoms with Crippen LogP contribution in [0.1, 0.15) is 11.1 Å². The van der Waals surface area contributed by atoms with Gasteiger partial charge in [0, 0.05) is 36.0 Å². The minimum absolute atomic E-state index is 0.207. The van der Waals surface area contributed by atoms with Gasteiger partial charge in [0.2, 0.25) is 5.43 Å². The SMILES string of the molecule is Cc1ccc2[nH]cc(NC(=O)NCc3ccncc3)c(=O)c2c1. The standard InChI is InChI=1S/C17H16N4O2/c1-11-2-3-14-13(8-11)16(22)15(10-19-14)21-17(23)20-9-12-4-6-18-7-5-12/h2-8,10H,9H2,1H3,(H,19,22)(H2,20,21,23). The predicted octanol–water partition coefficient (Wildman–Crippen LogP) is 2.55. The van der Waals surface area contributed by atoms with Gasteiger partial charge in [-0.3, -0.25) is 9.78 Å². The summed E-state index contributed by atoms with van der Waals surface area (Å²) in [5.41, 5.74) is 2.67. The molecule has 0 radical (unpaired) electrons. The average molecular weight is 308 g/mol. The first-order valence-electron chi connectivity index (χ1n) is 7.19. The zero-order chi connectivity index (χ0) is 16.2. The maximum absolute atomic E-state index is 12.4. The van der Waals surface area contributed by atoms with Crippen LogP contribution in [0.25, 0.3) is 10.9 Å². The lowest BCUT2D eigenvalue weighted by molar-refractivity contribution is 0.251. The summed E-state index contributed by atoms with van der Waals surface area (Å²) in [4.78, 5) is 31.3. The number of fused-ring (bicyclic) bond motifs is 1. The quantitative estimate of drug-likeness (QED) is 0.695. The summed E-state index contributed by atoms with van der Waals surface area (Å²) in [7, 11) is 0. The Labute approximate surface area is 132 Å². The third-order valence-electron chi connectivity index (χ3n) is 3.49. The van der Waals surface area contributed by atoms with E-state index >= 15 is 0 Å². The van der Waals surface area contributed by atoms with Gasteiger partial charge in [-0.2, -0.15) is 0 Å². The van der Waals surface area contributed by atoms with Crippen molar-refractivity contribution >= 4 is 22.6 Å². The van der Waals surface area contributed by atoms with Crippen molar-refractivity contribution in [1.29, 1.82) is 0 Å². The number of pyridine rings is 2. The Bertz CT molecular complexity index is 903. The van der Waals surface area contributed by atoms with Gasteiger partial charge in [0.25, 0.3) is 0 Å². The molecule has 3 N–H and O–H groups in total. The van der Waals surface area contributed by atoms with E-state index in [1.165, 1.54) is 6.20 Å². The molecule has 2 amide bonds. The Balaban J connectivity index is 1.75. The van der Waals surface area contributed by atoms with Gasteiger partial charge in [-0.25, -0.2) is 4.79 Å². The van der Waals surface area contributed by atoms with Crippen molar-refractivity contribution in [2.45, 2.75) is 13.5 Å². The molecule has 6 nitrogen and oxygen atoms in total. The maximum Gasteiger partial charge on any atom is 0.319 e. The van der Waals surface area contributed by atoms with Crippen molar-refractivity contribution in [3.63, 3.8) is 0 Å². The van der Waals surface area contributed by atoms with Crippen LogP contribution in [-0.4, -0.2) is 16.0 Å². The number of aromatic amines is 1. The summed E-state index contributed by atoms with van der Waals surface area (Å²) >= 11 is 0. The van der Waals surface area contributed by atoms with Gasteiger partial charge >= 0.3 is 6.03 Å². The largest absolute Gasteiger partial charge is 0.359 e. The van der Waals surface area contributed by atoms with Crippen LogP contribution in [-0.2, 0) is 6.54 Å². The highest BCUT2D eigenvalue weighted by atomic mass is 16.2. The smallest absolute Gasteiger partial charge is 0.319 e.